The number of rotatable bonds is 2. The molecular weight excluding hydrogens is 267 g/mol. The van der Waals surface area contributed by atoms with Crippen molar-refractivity contribution in [3.63, 3.8) is 0 Å². The van der Waals surface area contributed by atoms with Crippen LogP contribution in [-0.2, 0) is 0 Å². The Hall–Kier alpha value is -0.910. The highest BCUT2D eigenvalue weighted by Crippen LogP contribution is 1.93. The standard InChI is InChI=1S/C8H7IN2O/c9-8(12)11-10-6-7-4-2-1-3-5-7/h1-6H,(H,11,12)/b10-6+. The van der Waals surface area contributed by atoms with Crippen molar-refractivity contribution in [2.45, 2.75) is 0 Å². The summed E-state index contributed by atoms with van der Waals surface area (Å²) in [5.74, 6) is 0. The lowest BCUT2D eigenvalue weighted by atomic mass is 10.2. The van der Waals surface area contributed by atoms with Crippen molar-refractivity contribution in [2.75, 3.05) is 0 Å². The van der Waals surface area contributed by atoms with E-state index >= 15 is 0 Å². The molecule has 0 bridgehead atoms. The maximum Gasteiger partial charge on any atom is 0.300 e. The fourth-order valence-electron chi connectivity index (χ4n) is 0.697. The van der Waals surface area contributed by atoms with Crippen LogP contribution in [0.25, 0.3) is 0 Å². The van der Waals surface area contributed by atoms with E-state index in [1.807, 2.05) is 30.3 Å². The molecule has 0 spiro atoms. The number of carbonyl (C=O) groups excluding carboxylic acids is 1. The number of halogens is 1. The minimum Gasteiger partial charge on any atom is -0.261 e. The molecule has 62 valence electrons. The van der Waals surface area contributed by atoms with Gasteiger partial charge in [-0.15, -0.1) is 0 Å². The normalized spacial score (nSPS) is 10.1. The van der Waals surface area contributed by atoms with Crippen molar-refractivity contribution in [1.82, 2.24) is 5.43 Å². The molecule has 0 saturated heterocycles. The van der Waals surface area contributed by atoms with E-state index in [9.17, 15) is 4.79 Å². The molecule has 0 fully saturated rings. The molecule has 4 heteroatoms. The summed E-state index contributed by atoms with van der Waals surface area (Å²) in [7, 11) is 0. The van der Waals surface area contributed by atoms with Crippen molar-refractivity contribution in [3.8, 4) is 0 Å². The number of amides is 1. The van der Waals surface area contributed by atoms with Crippen molar-refractivity contribution >= 4 is 32.7 Å². The van der Waals surface area contributed by atoms with Crippen LogP contribution in [0, 0.1) is 0 Å². The molecule has 12 heavy (non-hydrogen) atoms. The van der Waals surface area contributed by atoms with E-state index in [-0.39, 0.29) is 3.91 Å². The third-order valence-electron chi connectivity index (χ3n) is 1.17. The monoisotopic (exact) mass is 274 g/mol. The fraction of sp³-hybridized carbons (Fsp3) is 0. The van der Waals surface area contributed by atoms with Crippen LogP contribution in [0.15, 0.2) is 35.4 Å². The SMILES string of the molecule is O=C(I)N/N=C/c1ccccc1. The van der Waals surface area contributed by atoms with Crippen LogP contribution in [-0.4, -0.2) is 10.1 Å². The van der Waals surface area contributed by atoms with Gasteiger partial charge in [-0.25, -0.2) is 5.43 Å². The molecule has 0 saturated carbocycles. The Morgan fingerprint density at radius 3 is 2.67 bits per heavy atom. The van der Waals surface area contributed by atoms with E-state index in [1.54, 1.807) is 28.8 Å². The van der Waals surface area contributed by atoms with Crippen molar-refractivity contribution < 1.29 is 4.79 Å². The second kappa shape index (κ2) is 4.87. The zero-order valence-corrected chi connectivity index (χ0v) is 8.36. The Bertz CT molecular complexity index is 284. The van der Waals surface area contributed by atoms with Crippen LogP contribution in [0.1, 0.15) is 5.56 Å². The summed E-state index contributed by atoms with van der Waals surface area (Å²) in [5.41, 5.74) is 3.27. The Labute approximate surface area is 84.0 Å². The molecule has 0 radical (unpaired) electrons. The predicted octanol–water partition coefficient (Wildman–Crippen LogP) is 2.17. The number of nitrogens with zero attached hydrogens (tertiary/aromatic N) is 1. The smallest absolute Gasteiger partial charge is 0.261 e. The van der Waals surface area contributed by atoms with E-state index in [0.717, 1.165) is 5.56 Å². The summed E-state index contributed by atoms with van der Waals surface area (Å²) in [4.78, 5) is 10.4. The third kappa shape index (κ3) is 3.47. The number of carbonyl (C=O) groups is 1. The molecule has 0 aromatic heterocycles. The van der Waals surface area contributed by atoms with Crippen molar-refractivity contribution in [2.24, 2.45) is 5.10 Å². The van der Waals surface area contributed by atoms with Crippen molar-refractivity contribution in [3.05, 3.63) is 35.9 Å². The molecule has 1 aromatic rings. The van der Waals surface area contributed by atoms with Crippen LogP contribution < -0.4 is 5.43 Å². The lowest BCUT2D eigenvalue weighted by Gasteiger charge is -1.90. The summed E-state index contributed by atoms with van der Waals surface area (Å²) < 4.78 is -0.195. The first kappa shape index (κ1) is 9.18. The van der Waals surface area contributed by atoms with Gasteiger partial charge in [0.25, 0.3) is 0 Å². The highest BCUT2D eigenvalue weighted by atomic mass is 127. The van der Waals surface area contributed by atoms with E-state index in [2.05, 4.69) is 10.5 Å². The first-order valence-electron chi connectivity index (χ1n) is 3.32. The van der Waals surface area contributed by atoms with Gasteiger partial charge in [0.05, 0.1) is 6.21 Å². The average Bonchev–Trinajstić information content (AvgIpc) is 2.05. The average molecular weight is 274 g/mol. The van der Waals surface area contributed by atoms with Gasteiger partial charge in [-0.3, -0.25) is 4.79 Å². The van der Waals surface area contributed by atoms with E-state index in [0.29, 0.717) is 0 Å². The minimum atomic E-state index is -0.195. The molecule has 1 aromatic carbocycles. The van der Waals surface area contributed by atoms with Gasteiger partial charge in [0.1, 0.15) is 0 Å². The van der Waals surface area contributed by atoms with E-state index in [1.165, 1.54) is 0 Å². The minimum absolute atomic E-state index is 0.195. The number of benzene rings is 1. The van der Waals surface area contributed by atoms with E-state index < -0.39 is 0 Å². The molecule has 0 aliphatic heterocycles. The predicted molar refractivity (Wildman–Crippen MR) is 56.6 cm³/mol. The first-order valence-corrected chi connectivity index (χ1v) is 4.40. The van der Waals surface area contributed by atoms with Crippen LogP contribution >= 0.6 is 22.6 Å². The summed E-state index contributed by atoms with van der Waals surface area (Å²) in [6.45, 7) is 0. The van der Waals surface area contributed by atoms with Gasteiger partial charge in [0.2, 0.25) is 0 Å². The summed E-state index contributed by atoms with van der Waals surface area (Å²) in [6.07, 6.45) is 1.59. The van der Waals surface area contributed by atoms with Gasteiger partial charge < -0.3 is 0 Å². The third-order valence-corrected chi connectivity index (χ3v) is 1.41. The number of hydrogen-bond donors (Lipinski definition) is 1. The summed E-state index contributed by atoms with van der Waals surface area (Å²) >= 11 is 1.62. The van der Waals surface area contributed by atoms with Gasteiger partial charge >= 0.3 is 3.91 Å². The Kier molecular flexibility index (Phi) is 3.72. The maximum atomic E-state index is 10.4. The molecular formula is C8H7IN2O. The van der Waals surface area contributed by atoms with Gasteiger partial charge in [-0.1, -0.05) is 30.3 Å². The number of hydrazone groups is 1. The molecule has 0 heterocycles. The molecule has 0 aliphatic carbocycles. The second-order valence-corrected chi connectivity index (χ2v) is 3.03. The van der Waals surface area contributed by atoms with Gasteiger partial charge in [-0.05, 0) is 5.56 Å². The maximum absolute atomic E-state index is 10.4. The molecule has 0 unspecified atom stereocenters. The number of hydrogen-bond acceptors (Lipinski definition) is 2. The lowest BCUT2D eigenvalue weighted by molar-refractivity contribution is 0.263. The van der Waals surface area contributed by atoms with Crippen molar-refractivity contribution in [1.29, 1.82) is 0 Å². The highest BCUT2D eigenvalue weighted by molar-refractivity contribution is 14.1. The molecule has 1 amide bonds. The van der Waals surface area contributed by atoms with Crippen LogP contribution in [0.4, 0.5) is 4.79 Å². The molecule has 1 N–H and O–H groups in total. The molecule has 1 rings (SSSR count). The topological polar surface area (TPSA) is 41.5 Å². The zero-order valence-electron chi connectivity index (χ0n) is 6.20. The Morgan fingerprint density at radius 1 is 1.42 bits per heavy atom. The first-order chi connectivity index (χ1) is 5.79. The van der Waals surface area contributed by atoms with Gasteiger partial charge in [-0.2, -0.15) is 5.10 Å². The second-order valence-electron chi connectivity index (χ2n) is 2.05. The van der Waals surface area contributed by atoms with E-state index in [4.69, 9.17) is 0 Å². The summed E-state index contributed by atoms with van der Waals surface area (Å²) in [6, 6.07) is 9.56. The number of nitrogens with one attached hydrogen (secondary N) is 1. The van der Waals surface area contributed by atoms with Crippen LogP contribution in [0.5, 0.6) is 0 Å². The summed E-state index contributed by atoms with van der Waals surface area (Å²) in [5, 5.41) is 3.71. The Balaban J connectivity index is 2.52. The lowest BCUT2D eigenvalue weighted by Crippen LogP contribution is -2.06. The fourth-order valence-corrected chi connectivity index (χ4v) is 0.836. The largest absolute Gasteiger partial charge is 0.300 e. The molecule has 0 aliphatic rings. The molecule has 3 nitrogen and oxygen atoms in total. The Morgan fingerprint density at radius 2 is 2.08 bits per heavy atom. The van der Waals surface area contributed by atoms with Gasteiger partial charge in [0, 0.05) is 22.6 Å². The molecule has 0 atom stereocenters. The van der Waals surface area contributed by atoms with Crippen LogP contribution in [0.3, 0.4) is 0 Å². The highest BCUT2D eigenvalue weighted by Gasteiger charge is 1.86. The van der Waals surface area contributed by atoms with Crippen LogP contribution in [0.2, 0.25) is 0 Å². The van der Waals surface area contributed by atoms with Gasteiger partial charge in [0.15, 0.2) is 0 Å². The quantitative estimate of drug-likeness (QED) is 0.290. The zero-order chi connectivity index (χ0) is 8.81.